The average Bonchev–Trinajstić information content (AvgIpc) is 2.18. The Morgan fingerprint density at radius 3 is 2.79 bits per heavy atom. The molecule has 0 aromatic carbocycles. The SMILES string of the molecule is O=C(O)CCNC(=O)C1CCCCO1. The molecule has 5 nitrogen and oxygen atoms in total. The second-order valence-electron chi connectivity index (χ2n) is 3.29. The summed E-state index contributed by atoms with van der Waals surface area (Å²) in [7, 11) is 0. The van der Waals surface area contributed by atoms with Gasteiger partial charge in [0.2, 0.25) is 5.91 Å². The van der Waals surface area contributed by atoms with Crippen molar-refractivity contribution in [3.8, 4) is 0 Å². The zero-order valence-electron chi connectivity index (χ0n) is 7.99. The van der Waals surface area contributed by atoms with E-state index in [-0.39, 0.29) is 25.0 Å². The molecule has 1 rings (SSSR count). The van der Waals surface area contributed by atoms with Gasteiger partial charge in [-0.2, -0.15) is 0 Å². The Balaban J connectivity index is 2.16. The molecule has 1 fully saturated rings. The molecule has 1 aliphatic rings. The van der Waals surface area contributed by atoms with Crippen LogP contribution in [0.25, 0.3) is 0 Å². The van der Waals surface area contributed by atoms with Gasteiger partial charge in [0.1, 0.15) is 6.10 Å². The molecule has 0 aromatic rings. The largest absolute Gasteiger partial charge is 0.481 e. The number of carboxylic acids is 1. The number of aliphatic carboxylic acids is 1. The third kappa shape index (κ3) is 3.74. The fraction of sp³-hybridized carbons (Fsp3) is 0.778. The highest BCUT2D eigenvalue weighted by Crippen LogP contribution is 2.12. The summed E-state index contributed by atoms with van der Waals surface area (Å²) >= 11 is 0. The molecule has 0 radical (unpaired) electrons. The summed E-state index contributed by atoms with van der Waals surface area (Å²) in [5, 5.41) is 10.9. The van der Waals surface area contributed by atoms with Crippen LogP contribution in [-0.4, -0.2) is 36.2 Å². The van der Waals surface area contributed by atoms with Crippen LogP contribution in [0, 0.1) is 0 Å². The van der Waals surface area contributed by atoms with Crippen LogP contribution in [0.5, 0.6) is 0 Å². The van der Waals surface area contributed by atoms with E-state index < -0.39 is 5.97 Å². The van der Waals surface area contributed by atoms with E-state index in [9.17, 15) is 9.59 Å². The lowest BCUT2D eigenvalue weighted by atomic mass is 10.1. The molecule has 0 spiro atoms. The highest BCUT2D eigenvalue weighted by Gasteiger charge is 2.21. The number of hydrogen-bond acceptors (Lipinski definition) is 3. The van der Waals surface area contributed by atoms with Crippen molar-refractivity contribution < 1.29 is 19.4 Å². The number of hydrogen-bond donors (Lipinski definition) is 2. The molecular weight excluding hydrogens is 186 g/mol. The molecule has 14 heavy (non-hydrogen) atoms. The maximum absolute atomic E-state index is 11.4. The van der Waals surface area contributed by atoms with Crippen LogP contribution in [-0.2, 0) is 14.3 Å². The number of nitrogens with one attached hydrogen (secondary N) is 1. The minimum atomic E-state index is -0.908. The zero-order chi connectivity index (χ0) is 10.4. The van der Waals surface area contributed by atoms with Gasteiger partial charge in [0.15, 0.2) is 0 Å². The number of carbonyl (C=O) groups excluding carboxylic acids is 1. The van der Waals surface area contributed by atoms with Gasteiger partial charge in [-0.15, -0.1) is 0 Å². The van der Waals surface area contributed by atoms with Crippen LogP contribution in [0.1, 0.15) is 25.7 Å². The van der Waals surface area contributed by atoms with Crippen molar-refractivity contribution in [1.29, 1.82) is 0 Å². The number of carboxylic acid groups (broad SMARTS) is 1. The van der Waals surface area contributed by atoms with Crippen molar-refractivity contribution in [2.24, 2.45) is 0 Å². The van der Waals surface area contributed by atoms with E-state index >= 15 is 0 Å². The minimum Gasteiger partial charge on any atom is -0.481 e. The average molecular weight is 201 g/mol. The summed E-state index contributed by atoms with van der Waals surface area (Å²) in [6.07, 6.45) is 2.31. The lowest BCUT2D eigenvalue weighted by molar-refractivity contribution is -0.138. The number of amides is 1. The molecule has 2 N–H and O–H groups in total. The van der Waals surface area contributed by atoms with E-state index in [1.165, 1.54) is 0 Å². The fourth-order valence-corrected chi connectivity index (χ4v) is 1.35. The van der Waals surface area contributed by atoms with Gasteiger partial charge in [-0.3, -0.25) is 9.59 Å². The Kier molecular flexibility index (Phi) is 4.39. The molecule has 0 aromatic heterocycles. The molecule has 1 aliphatic heterocycles. The highest BCUT2D eigenvalue weighted by atomic mass is 16.5. The molecule has 1 atom stereocenters. The molecular formula is C9H15NO4. The van der Waals surface area contributed by atoms with E-state index in [1.807, 2.05) is 0 Å². The molecule has 1 saturated heterocycles. The molecule has 1 unspecified atom stereocenters. The lowest BCUT2D eigenvalue weighted by Gasteiger charge is -2.21. The number of rotatable bonds is 4. The van der Waals surface area contributed by atoms with Crippen molar-refractivity contribution in [1.82, 2.24) is 5.32 Å². The van der Waals surface area contributed by atoms with Crippen LogP contribution in [0.3, 0.4) is 0 Å². The number of carbonyl (C=O) groups is 2. The summed E-state index contributed by atoms with van der Waals surface area (Å²) in [5.74, 6) is -1.10. The fourth-order valence-electron chi connectivity index (χ4n) is 1.35. The number of ether oxygens (including phenoxy) is 1. The first-order valence-electron chi connectivity index (χ1n) is 4.81. The molecule has 1 amide bonds. The maximum Gasteiger partial charge on any atom is 0.305 e. The van der Waals surface area contributed by atoms with Gasteiger partial charge in [0.25, 0.3) is 0 Å². The van der Waals surface area contributed by atoms with E-state index in [1.54, 1.807) is 0 Å². The van der Waals surface area contributed by atoms with E-state index in [0.29, 0.717) is 6.61 Å². The molecule has 80 valence electrons. The highest BCUT2D eigenvalue weighted by molar-refractivity contribution is 5.81. The van der Waals surface area contributed by atoms with Crippen LogP contribution < -0.4 is 5.32 Å². The van der Waals surface area contributed by atoms with Crippen LogP contribution in [0.4, 0.5) is 0 Å². The topological polar surface area (TPSA) is 75.6 Å². The van der Waals surface area contributed by atoms with Gasteiger partial charge >= 0.3 is 5.97 Å². The molecule has 0 saturated carbocycles. The Morgan fingerprint density at radius 2 is 2.21 bits per heavy atom. The quantitative estimate of drug-likeness (QED) is 0.678. The summed E-state index contributed by atoms with van der Waals surface area (Å²) in [4.78, 5) is 21.5. The van der Waals surface area contributed by atoms with Gasteiger partial charge in [-0.1, -0.05) is 0 Å². The zero-order valence-corrected chi connectivity index (χ0v) is 7.99. The third-order valence-electron chi connectivity index (χ3n) is 2.11. The van der Waals surface area contributed by atoms with Crippen LogP contribution in [0.15, 0.2) is 0 Å². The molecule has 0 aliphatic carbocycles. The van der Waals surface area contributed by atoms with E-state index in [4.69, 9.17) is 9.84 Å². The van der Waals surface area contributed by atoms with E-state index in [0.717, 1.165) is 19.3 Å². The first-order chi connectivity index (χ1) is 6.70. The summed E-state index contributed by atoms with van der Waals surface area (Å²) in [6, 6.07) is 0. The molecule has 1 heterocycles. The molecule has 5 heteroatoms. The second kappa shape index (κ2) is 5.59. The predicted octanol–water partition coefficient (Wildman–Crippen LogP) is 0.146. The van der Waals surface area contributed by atoms with Gasteiger partial charge < -0.3 is 15.2 Å². The minimum absolute atomic E-state index is 0.0432. The normalized spacial score (nSPS) is 21.6. The summed E-state index contributed by atoms with van der Waals surface area (Å²) < 4.78 is 5.24. The first kappa shape index (κ1) is 11.0. The first-order valence-corrected chi connectivity index (χ1v) is 4.81. The lowest BCUT2D eigenvalue weighted by Crippen LogP contribution is -2.39. The summed E-state index contributed by atoms with van der Waals surface area (Å²) in [5.41, 5.74) is 0. The van der Waals surface area contributed by atoms with Gasteiger partial charge in [0.05, 0.1) is 6.42 Å². The van der Waals surface area contributed by atoms with Gasteiger partial charge in [0, 0.05) is 13.2 Å². The van der Waals surface area contributed by atoms with Gasteiger partial charge in [-0.05, 0) is 19.3 Å². The predicted molar refractivity (Wildman–Crippen MR) is 48.9 cm³/mol. The Labute approximate surface area is 82.4 Å². The smallest absolute Gasteiger partial charge is 0.305 e. The Bertz CT molecular complexity index is 211. The van der Waals surface area contributed by atoms with Crippen molar-refractivity contribution in [2.75, 3.05) is 13.2 Å². The van der Waals surface area contributed by atoms with Crippen molar-refractivity contribution >= 4 is 11.9 Å². The van der Waals surface area contributed by atoms with Crippen LogP contribution in [0.2, 0.25) is 0 Å². The maximum atomic E-state index is 11.4. The Morgan fingerprint density at radius 1 is 1.43 bits per heavy atom. The molecule has 0 bridgehead atoms. The van der Waals surface area contributed by atoms with Crippen molar-refractivity contribution in [2.45, 2.75) is 31.8 Å². The summed E-state index contributed by atoms with van der Waals surface area (Å²) in [6.45, 7) is 0.797. The van der Waals surface area contributed by atoms with Crippen molar-refractivity contribution in [3.63, 3.8) is 0 Å². The van der Waals surface area contributed by atoms with Crippen LogP contribution >= 0.6 is 0 Å². The van der Waals surface area contributed by atoms with E-state index in [2.05, 4.69) is 5.32 Å². The second-order valence-corrected chi connectivity index (χ2v) is 3.29. The third-order valence-corrected chi connectivity index (χ3v) is 2.11. The Hall–Kier alpha value is -1.10. The van der Waals surface area contributed by atoms with Crippen molar-refractivity contribution in [3.05, 3.63) is 0 Å². The van der Waals surface area contributed by atoms with Gasteiger partial charge in [-0.25, -0.2) is 0 Å². The standard InChI is InChI=1S/C9H15NO4/c11-8(12)4-5-10-9(13)7-3-1-2-6-14-7/h7H,1-6H2,(H,10,13)(H,11,12). The monoisotopic (exact) mass is 201 g/mol.